The van der Waals surface area contributed by atoms with E-state index in [9.17, 15) is 9.59 Å². The molecule has 0 fully saturated rings. The molecule has 1 N–H and O–H groups in total. The number of carbonyl (C=O) groups excluding carboxylic acids is 2. The molecule has 146 valence electrons. The molecule has 0 unspecified atom stereocenters. The first-order valence-electron chi connectivity index (χ1n) is 8.90. The summed E-state index contributed by atoms with van der Waals surface area (Å²) in [6.45, 7) is 4.19. The Morgan fingerprint density at radius 2 is 2.07 bits per heavy atom. The monoisotopic (exact) mass is 416 g/mol. The average Bonchev–Trinajstić information content (AvgIpc) is 3.30. The smallest absolute Gasteiger partial charge is 0.306 e. The number of halogens is 1. The summed E-state index contributed by atoms with van der Waals surface area (Å²) in [4.78, 5) is 30.2. The SMILES string of the molecule is C=CCN(Cc1ccc(Cl)s1)C(=O)COC(=O)CCc1c[nH]c2ccccc12. The molecular formula is C21H21ClN2O3S. The minimum absolute atomic E-state index is 0.219. The van der Waals surface area contributed by atoms with Crippen molar-refractivity contribution in [1.29, 1.82) is 0 Å². The summed E-state index contributed by atoms with van der Waals surface area (Å²) in [5.41, 5.74) is 2.09. The lowest BCUT2D eigenvalue weighted by Crippen LogP contribution is -2.34. The lowest BCUT2D eigenvalue weighted by molar-refractivity contribution is -0.152. The number of carbonyl (C=O) groups is 2. The number of hydrogen-bond acceptors (Lipinski definition) is 4. The fourth-order valence-corrected chi connectivity index (χ4v) is 4.02. The van der Waals surface area contributed by atoms with Crippen LogP contribution >= 0.6 is 22.9 Å². The average molecular weight is 417 g/mol. The zero-order chi connectivity index (χ0) is 19.9. The Balaban J connectivity index is 1.49. The number of amides is 1. The molecule has 0 aliphatic rings. The molecule has 0 radical (unpaired) electrons. The summed E-state index contributed by atoms with van der Waals surface area (Å²) in [5, 5.41) is 1.10. The highest BCUT2D eigenvalue weighted by Crippen LogP contribution is 2.23. The number of fused-ring (bicyclic) bond motifs is 1. The van der Waals surface area contributed by atoms with Crippen LogP contribution in [0.25, 0.3) is 10.9 Å². The van der Waals surface area contributed by atoms with Crippen LogP contribution < -0.4 is 0 Å². The Bertz CT molecular complexity index is 979. The molecule has 28 heavy (non-hydrogen) atoms. The van der Waals surface area contributed by atoms with E-state index in [1.807, 2.05) is 36.5 Å². The number of nitrogens with zero attached hydrogens (tertiary/aromatic N) is 1. The lowest BCUT2D eigenvalue weighted by atomic mass is 10.1. The van der Waals surface area contributed by atoms with Crippen molar-refractivity contribution in [3.63, 3.8) is 0 Å². The van der Waals surface area contributed by atoms with Crippen LogP contribution in [-0.2, 0) is 27.3 Å². The van der Waals surface area contributed by atoms with Crippen LogP contribution in [0.4, 0.5) is 0 Å². The molecule has 7 heteroatoms. The fourth-order valence-electron chi connectivity index (χ4n) is 2.92. The number of hydrogen-bond donors (Lipinski definition) is 1. The van der Waals surface area contributed by atoms with Crippen molar-refractivity contribution < 1.29 is 14.3 Å². The highest BCUT2D eigenvalue weighted by atomic mass is 35.5. The molecule has 1 aromatic carbocycles. The summed E-state index contributed by atoms with van der Waals surface area (Å²) in [5.74, 6) is -0.652. The second kappa shape index (κ2) is 9.57. The Morgan fingerprint density at radius 3 is 2.82 bits per heavy atom. The van der Waals surface area contributed by atoms with Crippen LogP contribution in [-0.4, -0.2) is 34.9 Å². The number of rotatable bonds is 9. The van der Waals surface area contributed by atoms with Gasteiger partial charge >= 0.3 is 5.97 Å². The third kappa shape index (κ3) is 5.24. The highest BCUT2D eigenvalue weighted by molar-refractivity contribution is 7.16. The molecule has 1 amide bonds. The maximum atomic E-state index is 12.4. The standard InChI is InChI=1S/C21H21ClN2O3S/c1-2-11-24(13-16-8-9-19(22)28-16)20(25)14-27-21(26)10-7-15-12-23-18-6-4-3-5-17(15)18/h2-6,8-9,12,23H,1,7,10-11,13-14H2. The van der Waals surface area contributed by atoms with Gasteiger partial charge in [0.15, 0.2) is 6.61 Å². The predicted molar refractivity (Wildman–Crippen MR) is 113 cm³/mol. The molecular weight excluding hydrogens is 396 g/mol. The van der Waals surface area contributed by atoms with E-state index in [1.165, 1.54) is 11.3 Å². The van der Waals surface area contributed by atoms with Gasteiger partial charge in [-0.25, -0.2) is 0 Å². The third-order valence-corrected chi connectivity index (χ3v) is 5.52. The van der Waals surface area contributed by atoms with E-state index < -0.39 is 5.97 Å². The van der Waals surface area contributed by atoms with Gasteiger partial charge in [0.25, 0.3) is 5.91 Å². The Morgan fingerprint density at radius 1 is 1.25 bits per heavy atom. The number of esters is 1. The van der Waals surface area contributed by atoms with E-state index in [0.29, 0.717) is 23.8 Å². The number of thiophene rings is 1. The maximum Gasteiger partial charge on any atom is 0.306 e. The van der Waals surface area contributed by atoms with Crippen LogP contribution in [0.15, 0.2) is 55.3 Å². The van der Waals surface area contributed by atoms with E-state index in [-0.39, 0.29) is 18.9 Å². The van der Waals surface area contributed by atoms with E-state index in [2.05, 4.69) is 11.6 Å². The van der Waals surface area contributed by atoms with E-state index in [1.54, 1.807) is 17.0 Å². The molecule has 3 rings (SSSR count). The van der Waals surface area contributed by atoms with Gasteiger partial charge in [0.1, 0.15) is 0 Å². The molecule has 0 aliphatic heterocycles. The summed E-state index contributed by atoms with van der Waals surface area (Å²) in [6, 6.07) is 11.6. The molecule has 2 heterocycles. The summed E-state index contributed by atoms with van der Waals surface area (Å²) < 4.78 is 5.86. The van der Waals surface area contributed by atoms with Gasteiger partial charge in [0, 0.05) is 34.9 Å². The largest absolute Gasteiger partial charge is 0.456 e. The molecule has 0 aliphatic carbocycles. The van der Waals surface area contributed by atoms with Crippen molar-refractivity contribution in [2.45, 2.75) is 19.4 Å². The molecule has 0 saturated heterocycles. The first-order chi connectivity index (χ1) is 13.6. The van der Waals surface area contributed by atoms with Gasteiger partial charge in [-0.2, -0.15) is 0 Å². The van der Waals surface area contributed by atoms with Crippen LogP contribution in [0.1, 0.15) is 16.9 Å². The van der Waals surface area contributed by atoms with Crippen LogP contribution in [0.5, 0.6) is 0 Å². The lowest BCUT2D eigenvalue weighted by Gasteiger charge is -2.20. The van der Waals surface area contributed by atoms with Gasteiger partial charge in [-0.15, -0.1) is 17.9 Å². The van der Waals surface area contributed by atoms with Gasteiger partial charge in [-0.3, -0.25) is 9.59 Å². The first kappa shape index (κ1) is 20.2. The summed E-state index contributed by atoms with van der Waals surface area (Å²) >= 11 is 7.36. The summed E-state index contributed by atoms with van der Waals surface area (Å²) in [6.07, 6.45) is 4.32. The van der Waals surface area contributed by atoms with Gasteiger partial charge in [0.05, 0.1) is 10.9 Å². The van der Waals surface area contributed by atoms with Gasteiger partial charge in [-0.05, 0) is 30.2 Å². The first-order valence-corrected chi connectivity index (χ1v) is 10.1. The number of aromatic nitrogens is 1. The molecule has 2 aromatic heterocycles. The fraction of sp³-hybridized carbons (Fsp3) is 0.238. The zero-order valence-corrected chi connectivity index (χ0v) is 16.9. The van der Waals surface area contributed by atoms with E-state index in [0.717, 1.165) is 21.3 Å². The number of H-pyrrole nitrogens is 1. The Kier molecular flexibility index (Phi) is 6.90. The number of benzene rings is 1. The van der Waals surface area contributed by atoms with Crippen molar-refractivity contribution in [3.05, 3.63) is 70.0 Å². The number of aryl methyl sites for hydroxylation is 1. The van der Waals surface area contributed by atoms with Crippen molar-refractivity contribution in [2.24, 2.45) is 0 Å². The third-order valence-electron chi connectivity index (χ3n) is 4.31. The second-order valence-electron chi connectivity index (χ2n) is 6.29. The quantitative estimate of drug-likeness (QED) is 0.410. The minimum Gasteiger partial charge on any atom is -0.456 e. The van der Waals surface area contributed by atoms with Crippen molar-refractivity contribution in [2.75, 3.05) is 13.2 Å². The highest BCUT2D eigenvalue weighted by Gasteiger charge is 2.16. The normalized spacial score (nSPS) is 10.8. The molecule has 0 spiro atoms. The topological polar surface area (TPSA) is 62.4 Å². The number of aromatic amines is 1. The Labute approximate surface area is 172 Å². The van der Waals surface area contributed by atoms with Gasteiger partial charge in [-0.1, -0.05) is 35.9 Å². The predicted octanol–water partition coefficient (Wildman–Crippen LogP) is 4.57. The summed E-state index contributed by atoms with van der Waals surface area (Å²) in [7, 11) is 0. The van der Waals surface area contributed by atoms with Crippen molar-refractivity contribution >= 4 is 45.7 Å². The van der Waals surface area contributed by atoms with E-state index >= 15 is 0 Å². The molecule has 0 atom stereocenters. The van der Waals surface area contributed by atoms with Crippen LogP contribution in [0.3, 0.4) is 0 Å². The molecule has 3 aromatic rings. The molecule has 0 bridgehead atoms. The molecule has 5 nitrogen and oxygen atoms in total. The van der Waals surface area contributed by atoms with Crippen molar-refractivity contribution in [3.8, 4) is 0 Å². The van der Waals surface area contributed by atoms with Gasteiger partial charge < -0.3 is 14.6 Å². The van der Waals surface area contributed by atoms with Crippen LogP contribution in [0.2, 0.25) is 4.34 Å². The number of nitrogens with one attached hydrogen (secondary N) is 1. The maximum absolute atomic E-state index is 12.4. The zero-order valence-electron chi connectivity index (χ0n) is 15.3. The molecule has 0 saturated carbocycles. The second-order valence-corrected chi connectivity index (χ2v) is 8.09. The van der Waals surface area contributed by atoms with Crippen molar-refractivity contribution in [1.82, 2.24) is 9.88 Å². The van der Waals surface area contributed by atoms with Crippen LogP contribution in [0, 0.1) is 0 Å². The van der Waals surface area contributed by atoms with Gasteiger partial charge in [0.2, 0.25) is 0 Å². The van der Waals surface area contributed by atoms with E-state index in [4.69, 9.17) is 16.3 Å². The number of para-hydroxylation sites is 1. The number of ether oxygens (including phenoxy) is 1. The Hall–Kier alpha value is -2.57. The minimum atomic E-state index is -0.392.